The van der Waals surface area contributed by atoms with Crippen LogP contribution < -0.4 is 0 Å². The standard InChI is InChI=1S/C21H14O2/c22-16-9-7-12-3-1-5-14-11-15-6-2-4-13-8-10-17(23)21(19(13)15)20(16)18(12)14/h1-10,22-23H,11H2. The van der Waals surface area contributed by atoms with Gasteiger partial charge in [0.25, 0.3) is 0 Å². The third-order valence-corrected chi connectivity index (χ3v) is 4.85. The Balaban J connectivity index is 2.12. The molecule has 0 spiro atoms. The van der Waals surface area contributed by atoms with Gasteiger partial charge in [-0.15, -0.1) is 0 Å². The molecule has 0 atom stereocenters. The number of hydrogen-bond acceptors (Lipinski definition) is 2. The van der Waals surface area contributed by atoms with Crippen molar-refractivity contribution in [2.45, 2.75) is 6.42 Å². The van der Waals surface area contributed by atoms with E-state index in [0.29, 0.717) is 0 Å². The van der Waals surface area contributed by atoms with E-state index in [1.165, 1.54) is 11.1 Å². The van der Waals surface area contributed by atoms with Crippen molar-refractivity contribution < 1.29 is 10.2 Å². The molecule has 0 aliphatic heterocycles. The first kappa shape index (κ1) is 12.5. The number of fused-ring (bicyclic) bond motifs is 1. The quantitative estimate of drug-likeness (QED) is 0.423. The molecule has 23 heavy (non-hydrogen) atoms. The van der Waals surface area contributed by atoms with Gasteiger partial charge in [-0.05, 0) is 51.2 Å². The normalized spacial score (nSPS) is 12.5. The summed E-state index contributed by atoms with van der Waals surface area (Å²) in [6.07, 6.45) is 0.793. The van der Waals surface area contributed by atoms with Crippen LogP contribution >= 0.6 is 0 Å². The van der Waals surface area contributed by atoms with Gasteiger partial charge in [-0.1, -0.05) is 48.5 Å². The molecule has 2 heteroatoms. The van der Waals surface area contributed by atoms with E-state index < -0.39 is 0 Å². The molecule has 110 valence electrons. The summed E-state index contributed by atoms with van der Waals surface area (Å²) in [7, 11) is 0. The van der Waals surface area contributed by atoms with E-state index in [1.54, 1.807) is 12.1 Å². The fourth-order valence-electron chi connectivity index (χ4n) is 3.89. The lowest BCUT2D eigenvalue weighted by molar-refractivity contribution is 0.470. The topological polar surface area (TPSA) is 40.5 Å². The fourth-order valence-corrected chi connectivity index (χ4v) is 3.89. The van der Waals surface area contributed by atoms with Gasteiger partial charge in [-0.25, -0.2) is 0 Å². The molecule has 4 aromatic rings. The summed E-state index contributed by atoms with van der Waals surface area (Å²) in [6.45, 7) is 0. The zero-order chi connectivity index (χ0) is 15.6. The maximum absolute atomic E-state index is 10.6. The summed E-state index contributed by atoms with van der Waals surface area (Å²) < 4.78 is 0. The van der Waals surface area contributed by atoms with Gasteiger partial charge in [0.05, 0.1) is 0 Å². The molecule has 4 aromatic carbocycles. The molecular weight excluding hydrogens is 284 g/mol. The zero-order valence-corrected chi connectivity index (χ0v) is 12.4. The van der Waals surface area contributed by atoms with Crippen molar-refractivity contribution in [3.63, 3.8) is 0 Å². The van der Waals surface area contributed by atoms with Crippen LogP contribution in [0.4, 0.5) is 0 Å². The van der Waals surface area contributed by atoms with E-state index in [-0.39, 0.29) is 11.5 Å². The summed E-state index contributed by atoms with van der Waals surface area (Å²) in [5.41, 5.74) is 3.84. The maximum Gasteiger partial charge on any atom is 0.124 e. The van der Waals surface area contributed by atoms with E-state index in [2.05, 4.69) is 36.4 Å². The molecular formula is C21H14O2. The van der Waals surface area contributed by atoms with Crippen LogP contribution in [0.25, 0.3) is 32.7 Å². The van der Waals surface area contributed by atoms with Crippen LogP contribution in [-0.4, -0.2) is 10.2 Å². The van der Waals surface area contributed by atoms with Crippen molar-refractivity contribution in [3.8, 4) is 22.6 Å². The molecule has 0 unspecified atom stereocenters. The highest BCUT2D eigenvalue weighted by Gasteiger charge is 2.23. The average Bonchev–Trinajstić information content (AvgIpc) is 2.71. The highest BCUT2D eigenvalue weighted by Crippen LogP contribution is 2.48. The molecule has 2 nitrogen and oxygen atoms in total. The average molecular weight is 298 g/mol. The van der Waals surface area contributed by atoms with Gasteiger partial charge in [0.15, 0.2) is 0 Å². The summed E-state index contributed by atoms with van der Waals surface area (Å²) in [5.74, 6) is 0.425. The molecule has 1 aliphatic carbocycles. The minimum absolute atomic E-state index is 0.212. The summed E-state index contributed by atoms with van der Waals surface area (Å²) >= 11 is 0. The zero-order valence-electron chi connectivity index (χ0n) is 12.4. The SMILES string of the molecule is Oc1ccc2cccc3c2c1-c1c(O)ccc2cccc(c12)C3. The van der Waals surface area contributed by atoms with Crippen LogP contribution in [-0.2, 0) is 6.42 Å². The fraction of sp³-hybridized carbons (Fsp3) is 0.0476. The molecule has 2 N–H and O–H groups in total. The number of phenols is 2. The Labute approximate surface area is 133 Å². The van der Waals surface area contributed by atoms with E-state index in [4.69, 9.17) is 0 Å². The minimum Gasteiger partial charge on any atom is -0.507 e. The molecule has 0 saturated heterocycles. The first-order valence-corrected chi connectivity index (χ1v) is 7.71. The lowest BCUT2D eigenvalue weighted by Gasteiger charge is -2.13. The molecule has 0 heterocycles. The second kappa shape index (κ2) is 4.26. The summed E-state index contributed by atoms with van der Waals surface area (Å²) in [6, 6.07) is 19.7. The minimum atomic E-state index is 0.212. The number of hydrogen-bond donors (Lipinski definition) is 2. The van der Waals surface area contributed by atoms with Gasteiger partial charge in [0.2, 0.25) is 0 Å². The van der Waals surface area contributed by atoms with Gasteiger partial charge in [0, 0.05) is 11.1 Å². The largest absolute Gasteiger partial charge is 0.507 e. The Kier molecular flexibility index (Phi) is 2.32. The van der Waals surface area contributed by atoms with Crippen LogP contribution in [0.15, 0.2) is 60.7 Å². The number of aromatic hydroxyl groups is 2. The van der Waals surface area contributed by atoms with Crippen LogP contribution in [0, 0.1) is 0 Å². The smallest absolute Gasteiger partial charge is 0.124 e. The lowest BCUT2D eigenvalue weighted by atomic mass is 9.92. The van der Waals surface area contributed by atoms with E-state index in [9.17, 15) is 10.2 Å². The van der Waals surface area contributed by atoms with Gasteiger partial charge in [-0.2, -0.15) is 0 Å². The molecule has 5 rings (SSSR count). The second-order valence-electron chi connectivity index (χ2n) is 6.13. The van der Waals surface area contributed by atoms with Crippen molar-refractivity contribution in [3.05, 3.63) is 71.8 Å². The van der Waals surface area contributed by atoms with Crippen molar-refractivity contribution in [1.82, 2.24) is 0 Å². The van der Waals surface area contributed by atoms with E-state index >= 15 is 0 Å². The third-order valence-electron chi connectivity index (χ3n) is 4.85. The van der Waals surface area contributed by atoms with E-state index in [1.807, 2.05) is 12.1 Å². The molecule has 1 aliphatic rings. The Morgan fingerprint density at radius 1 is 0.565 bits per heavy atom. The Morgan fingerprint density at radius 2 is 1.04 bits per heavy atom. The molecule has 0 fully saturated rings. The lowest BCUT2D eigenvalue weighted by Crippen LogP contribution is -1.89. The van der Waals surface area contributed by atoms with Gasteiger partial charge >= 0.3 is 0 Å². The monoisotopic (exact) mass is 298 g/mol. The number of rotatable bonds is 0. The van der Waals surface area contributed by atoms with Gasteiger partial charge in [0.1, 0.15) is 11.5 Å². The van der Waals surface area contributed by atoms with E-state index in [0.717, 1.165) is 39.1 Å². The van der Waals surface area contributed by atoms with Crippen LogP contribution in [0.1, 0.15) is 11.1 Å². The Bertz CT molecular complexity index is 1020. The second-order valence-corrected chi connectivity index (χ2v) is 6.13. The van der Waals surface area contributed by atoms with Crippen molar-refractivity contribution in [2.75, 3.05) is 0 Å². The van der Waals surface area contributed by atoms with Crippen LogP contribution in [0.5, 0.6) is 11.5 Å². The maximum atomic E-state index is 10.6. The van der Waals surface area contributed by atoms with Gasteiger partial charge in [-0.3, -0.25) is 0 Å². The van der Waals surface area contributed by atoms with Crippen LogP contribution in [0.3, 0.4) is 0 Å². The molecule has 0 saturated carbocycles. The number of benzene rings is 4. The predicted octanol–water partition coefficient (Wildman–Crippen LogP) is 4.98. The van der Waals surface area contributed by atoms with Crippen molar-refractivity contribution >= 4 is 21.5 Å². The van der Waals surface area contributed by atoms with Crippen molar-refractivity contribution in [1.29, 1.82) is 0 Å². The highest BCUT2D eigenvalue weighted by atomic mass is 16.3. The highest BCUT2D eigenvalue weighted by molar-refractivity contribution is 6.13. The molecule has 0 aromatic heterocycles. The molecule has 0 amide bonds. The van der Waals surface area contributed by atoms with Crippen LogP contribution in [0.2, 0.25) is 0 Å². The summed E-state index contributed by atoms with van der Waals surface area (Å²) in [5, 5.41) is 25.4. The third kappa shape index (κ3) is 1.58. The Morgan fingerprint density at radius 3 is 1.52 bits per heavy atom. The summed E-state index contributed by atoms with van der Waals surface area (Å²) in [4.78, 5) is 0. The molecule has 0 bridgehead atoms. The Hall–Kier alpha value is -3.00. The molecule has 0 radical (unpaired) electrons. The first-order chi connectivity index (χ1) is 11.2. The first-order valence-electron chi connectivity index (χ1n) is 7.71. The van der Waals surface area contributed by atoms with Crippen molar-refractivity contribution in [2.24, 2.45) is 0 Å². The number of phenolic OH excluding ortho intramolecular Hbond substituents is 2. The van der Waals surface area contributed by atoms with Gasteiger partial charge < -0.3 is 10.2 Å². The predicted molar refractivity (Wildman–Crippen MR) is 93.0 cm³/mol.